The van der Waals surface area contributed by atoms with E-state index in [4.69, 9.17) is 11.6 Å². The molecule has 0 aliphatic carbocycles. The van der Waals surface area contributed by atoms with Crippen molar-refractivity contribution in [3.05, 3.63) is 101 Å². The normalized spacial score (nSPS) is 12.3. The Labute approximate surface area is 182 Å². The molecule has 0 radical (unpaired) electrons. The minimum atomic E-state index is -3.87. The van der Waals surface area contributed by atoms with Gasteiger partial charge in [-0.05, 0) is 42.7 Å². The molecule has 0 aromatic heterocycles. The van der Waals surface area contributed by atoms with Crippen molar-refractivity contribution in [1.29, 1.82) is 0 Å². The summed E-state index contributed by atoms with van der Waals surface area (Å²) in [6, 6.07) is 22.0. The van der Waals surface area contributed by atoms with Gasteiger partial charge in [-0.2, -0.15) is 4.72 Å². The molecule has 0 aliphatic rings. The Balaban J connectivity index is 1.79. The topological polar surface area (TPSA) is 75.3 Å². The number of nitrogens with one attached hydrogen (secondary N) is 2. The molecule has 0 aliphatic heterocycles. The van der Waals surface area contributed by atoms with Crippen molar-refractivity contribution < 1.29 is 13.2 Å². The van der Waals surface area contributed by atoms with Gasteiger partial charge < -0.3 is 5.32 Å². The Morgan fingerprint density at radius 3 is 2.23 bits per heavy atom. The number of halogens is 1. The van der Waals surface area contributed by atoms with Crippen molar-refractivity contribution in [3.63, 3.8) is 0 Å². The van der Waals surface area contributed by atoms with Gasteiger partial charge in [0.15, 0.2) is 0 Å². The van der Waals surface area contributed by atoms with Gasteiger partial charge in [-0.3, -0.25) is 4.79 Å². The molecule has 0 unspecified atom stereocenters. The van der Waals surface area contributed by atoms with Crippen LogP contribution in [0, 0.1) is 6.92 Å². The van der Waals surface area contributed by atoms with E-state index in [2.05, 4.69) is 10.0 Å². The first kappa shape index (κ1) is 22.0. The molecule has 0 saturated carbocycles. The van der Waals surface area contributed by atoms with Gasteiger partial charge in [0.2, 0.25) is 15.9 Å². The number of carbonyl (C=O) groups is 1. The molecule has 0 spiro atoms. The van der Waals surface area contributed by atoms with Gasteiger partial charge in [-0.25, -0.2) is 8.42 Å². The zero-order valence-corrected chi connectivity index (χ0v) is 18.1. The van der Waals surface area contributed by atoms with E-state index in [1.54, 1.807) is 18.2 Å². The van der Waals surface area contributed by atoms with Gasteiger partial charge in [0.1, 0.15) is 6.04 Å². The third-order valence-electron chi connectivity index (χ3n) is 4.64. The van der Waals surface area contributed by atoms with Crippen molar-refractivity contribution in [2.45, 2.75) is 30.8 Å². The lowest BCUT2D eigenvalue weighted by molar-refractivity contribution is -0.122. The standard InChI is InChI=1S/C23H23ClN2O3S/c1-17-11-13-20(14-12-17)30(28,29)26-22(15-18-7-3-2-4-8-18)23(27)25-16-19-9-5-6-10-21(19)24/h2-14,22,26H,15-16H2,1H3,(H,25,27)/t22-/m1/s1. The number of sulfonamides is 1. The molecule has 0 bridgehead atoms. The fourth-order valence-electron chi connectivity index (χ4n) is 2.96. The summed E-state index contributed by atoms with van der Waals surface area (Å²) in [6.07, 6.45) is 0.223. The van der Waals surface area contributed by atoms with Crippen molar-refractivity contribution in [1.82, 2.24) is 10.0 Å². The summed E-state index contributed by atoms with van der Waals surface area (Å²) in [5.74, 6) is -0.422. The number of benzene rings is 3. The monoisotopic (exact) mass is 442 g/mol. The number of hydrogen-bond donors (Lipinski definition) is 2. The summed E-state index contributed by atoms with van der Waals surface area (Å²) in [6.45, 7) is 2.08. The van der Waals surface area contributed by atoms with E-state index >= 15 is 0 Å². The molecule has 3 aromatic carbocycles. The third-order valence-corrected chi connectivity index (χ3v) is 6.50. The lowest BCUT2D eigenvalue weighted by atomic mass is 10.1. The second-order valence-corrected chi connectivity index (χ2v) is 9.11. The molecule has 2 N–H and O–H groups in total. The van der Waals surface area contributed by atoms with Crippen molar-refractivity contribution in [2.75, 3.05) is 0 Å². The second kappa shape index (κ2) is 9.89. The van der Waals surface area contributed by atoms with Crippen LogP contribution in [0.25, 0.3) is 0 Å². The van der Waals surface area contributed by atoms with Crippen LogP contribution in [0.5, 0.6) is 0 Å². The lowest BCUT2D eigenvalue weighted by Crippen LogP contribution is -2.47. The first-order valence-corrected chi connectivity index (χ1v) is 11.4. The van der Waals surface area contributed by atoms with E-state index in [1.165, 1.54) is 12.1 Å². The quantitative estimate of drug-likeness (QED) is 0.556. The van der Waals surface area contributed by atoms with E-state index in [0.29, 0.717) is 5.02 Å². The van der Waals surface area contributed by atoms with Gasteiger partial charge in [-0.1, -0.05) is 77.8 Å². The van der Waals surface area contributed by atoms with Crippen LogP contribution in [0.15, 0.2) is 83.8 Å². The number of rotatable bonds is 8. The van der Waals surface area contributed by atoms with Crippen LogP contribution in [0.3, 0.4) is 0 Å². The van der Waals surface area contributed by atoms with E-state index in [0.717, 1.165) is 16.7 Å². The van der Waals surface area contributed by atoms with Crippen LogP contribution < -0.4 is 10.0 Å². The third kappa shape index (κ3) is 5.92. The highest BCUT2D eigenvalue weighted by Gasteiger charge is 2.26. The molecular formula is C23H23ClN2O3S. The maximum atomic E-state index is 12.9. The van der Waals surface area contributed by atoms with Crippen LogP contribution in [-0.4, -0.2) is 20.4 Å². The van der Waals surface area contributed by atoms with E-state index < -0.39 is 22.0 Å². The Kier molecular flexibility index (Phi) is 7.26. The average molecular weight is 443 g/mol. The van der Waals surface area contributed by atoms with E-state index in [1.807, 2.05) is 55.5 Å². The van der Waals surface area contributed by atoms with Gasteiger partial charge in [0, 0.05) is 11.6 Å². The van der Waals surface area contributed by atoms with Crippen molar-refractivity contribution >= 4 is 27.5 Å². The van der Waals surface area contributed by atoms with E-state index in [9.17, 15) is 13.2 Å². The van der Waals surface area contributed by atoms with Crippen LogP contribution in [0.4, 0.5) is 0 Å². The van der Waals surface area contributed by atoms with Gasteiger partial charge in [0.25, 0.3) is 0 Å². The molecule has 5 nitrogen and oxygen atoms in total. The molecule has 0 heterocycles. The lowest BCUT2D eigenvalue weighted by Gasteiger charge is -2.19. The maximum Gasteiger partial charge on any atom is 0.241 e. The summed E-state index contributed by atoms with van der Waals surface area (Å²) in [5, 5.41) is 3.33. The van der Waals surface area contributed by atoms with E-state index in [-0.39, 0.29) is 17.9 Å². The summed E-state index contributed by atoms with van der Waals surface area (Å²) in [7, 11) is -3.87. The summed E-state index contributed by atoms with van der Waals surface area (Å²) < 4.78 is 28.3. The minimum Gasteiger partial charge on any atom is -0.351 e. The second-order valence-electron chi connectivity index (χ2n) is 6.99. The van der Waals surface area contributed by atoms with Crippen LogP contribution >= 0.6 is 11.6 Å². The molecule has 1 amide bonds. The molecule has 156 valence electrons. The number of aryl methyl sites for hydroxylation is 1. The highest BCUT2D eigenvalue weighted by Crippen LogP contribution is 2.15. The summed E-state index contributed by atoms with van der Waals surface area (Å²) >= 11 is 6.15. The van der Waals surface area contributed by atoms with Gasteiger partial charge >= 0.3 is 0 Å². The number of carbonyl (C=O) groups excluding carboxylic acids is 1. The smallest absolute Gasteiger partial charge is 0.241 e. The fraction of sp³-hybridized carbons (Fsp3) is 0.174. The first-order valence-electron chi connectivity index (χ1n) is 9.49. The largest absolute Gasteiger partial charge is 0.351 e. The van der Waals surface area contributed by atoms with Gasteiger partial charge in [-0.15, -0.1) is 0 Å². The molecule has 7 heteroatoms. The fourth-order valence-corrected chi connectivity index (χ4v) is 4.36. The zero-order valence-electron chi connectivity index (χ0n) is 16.5. The van der Waals surface area contributed by atoms with Gasteiger partial charge in [0.05, 0.1) is 4.90 Å². The molecule has 3 rings (SSSR count). The highest BCUT2D eigenvalue weighted by molar-refractivity contribution is 7.89. The van der Waals surface area contributed by atoms with Crippen LogP contribution in [0.2, 0.25) is 5.02 Å². The Morgan fingerprint density at radius 1 is 0.933 bits per heavy atom. The maximum absolute atomic E-state index is 12.9. The molecule has 1 atom stereocenters. The molecule has 30 heavy (non-hydrogen) atoms. The minimum absolute atomic E-state index is 0.116. The Hall–Kier alpha value is -2.67. The van der Waals surface area contributed by atoms with Crippen molar-refractivity contribution in [3.8, 4) is 0 Å². The Morgan fingerprint density at radius 2 is 1.57 bits per heavy atom. The summed E-state index contributed by atoms with van der Waals surface area (Å²) in [5.41, 5.74) is 2.56. The van der Waals surface area contributed by atoms with Crippen LogP contribution in [-0.2, 0) is 27.8 Å². The molecule has 3 aromatic rings. The SMILES string of the molecule is Cc1ccc(S(=O)(=O)N[C@H](Cc2ccccc2)C(=O)NCc2ccccc2Cl)cc1. The molecule has 0 saturated heterocycles. The number of hydrogen-bond acceptors (Lipinski definition) is 3. The Bertz CT molecular complexity index is 1100. The summed E-state index contributed by atoms with van der Waals surface area (Å²) in [4.78, 5) is 13.0. The highest BCUT2D eigenvalue weighted by atomic mass is 35.5. The predicted octanol–water partition coefficient (Wildman–Crippen LogP) is 3.85. The predicted molar refractivity (Wildman–Crippen MR) is 119 cm³/mol. The first-order chi connectivity index (χ1) is 14.3. The molecule has 0 fully saturated rings. The van der Waals surface area contributed by atoms with Crippen molar-refractivity contribution in [2.24, 2.45) is 0 Å². The zero-order chi connectivity index (χ0) is 21.6. The van der Waals surface area contributed by atoms with Crippen LogP contribution in [0.1, 0.15) is 16.7 Å². The average Bonchev–Trinajstić information content (AvgIpc) is 2.73. The molecular weight excluding hydrogens is 420 g/mol. The number of amides is 1.